The van der Waals surface area contributed by atoms with Gasteiger partial charge in [-0.2, -0.15) is 0 Å². The first kappa shape index (κ1) is 18.3. The average molecular weight is 388 g/mol. The van der Waals surface area contributed by atoms with Gasteiger partial charge in [0.1, 0.15) is 17.9 Å². The van der Waals surface area contributed by atoms with Crippen LogP contribution < -0.4 is 15.1 Å². The van der Waals surface area contributed by atoms with E-state index in [0.29, 0.717) is 17.2 Å². The molecule has 0 unspecified atom stereocenters. The molecule has 2 aromatic carbocycles. The van der Waals surface area contributed by atoms with Crippen LogP contribution in [0.5, 0.6) is 11.6 Å². The van der Waals surface area contributed by atoms with Gasteiger partial charge in [-0.05, 0) is 42.5 Å². The monoisotopic (exact) mass is 388 g/mol. The van der Waals surface area contributed by atoms with Crippen molar-refractivity contribution in [1.29, 1.82) is 0 Å². The zero-order valence-corrected chi connectivity index (χ0v) is 15.5. The highest BCUT2D eigenvalue weighted by molar-refractivity contribution is 5.93. The van der Waals surface area contributed by atoms with Gasteiger partial charge in [0.05, 0.1) is 11.1 Å². The molecule has 0 fully saturated rings. The van der Waals surface area contributed by atoms with Crippen LogP contribution in [-0.4, -0.2) is 33.1 Å². The minimum Gasteiger partial charge on any atom is -0.439 e. The van der Waals surface area contributed by atoms with Crippen LogP contribution in [0.3, 0.4) is 0 Å². The zero-order valence-electron chi connectivity index (χ0n) is 15.5. The number of rotatable bonds is 5. The fourth-order valence-electron chi connectivity index (χ4n) is 2.89. The van der Waals surface area contributed by atoms with Gasteiger partial charge in [0.25, 0.3) is 0 Å². The van der Waals surface area contributed by atoms with E-state index in [1.165, 1.54) is 6.20 Å². The van der Waals surface area contributed by atoms with Gasteiger partial charge in [0.2, 0.25) is 5.88 Å². The van der Waals surface area contributed by atoms with E-state index >= 15 is 0 Å². The number of anilines is 2. The van der Waals surface area contributed by atoms with Crippen molar-refractivity contribution in [3.05, 3.63) is 78.8 Å². The number of amides is 1. The first-order valence-electron chi connectivity index (χ1n) is 8.80. The third-order valence-electron chi connectivity index (χ3n) is 4.40. The Hall–Kier alpha value is -4.04. The molecule has 0 spiro atoms. The van der Waals surface area contributed by atoms with E-state index in [1.807, 2.05) is 66.0 Å². The lowest BCUT2D eigenvalue weighted by molar-refractivity contribution is 0.0706. The number of pyridine rings is 1. The van der Waals surface area contributed by atoms with Crippen molar-refractivity contribution >= 4 is 28.3 Å². The Labute approximate surface area is 166 Å². The van der Waals surface area contributed by atoms with E-state index in [-0.39, 0.29) is 0 Å². The first-order valence-corrected chi connectivity index (χ1v) is 8.80. The molecule has 0 aliphatic carbocycles. The molecule has 0 bridgehead atoms. The molecule has 8 heteroatoms. The summed E-state index contributed by atoms with van der Waals surface area (Å²) in [6.45, 7) is 0. The summed E-state index contributed by atoms with van der Waals surface area (Å²) >= 11 is 0. The van der Waals surface area contributed by atoms with Crippen LogP contribution in [0.4, 0.5) is 11.5 Å². The molecule has 8 nitrogen and oxygen atoms in total. The Kier molecular flexibility index (Phi) is 5.00. The SMILES string of the molecule is CN(c1ccc(Oc2ccc(C(=O)N[OH2+])cn2)cc1)c1ncnc2ccccc12. The number of para-hydroxylation sites is 1. The Bertz CT molecular complexity index is 1140. The fraction of sp³-hybridized carbons (Fsp3) is 0.0476. The molecule has 144 valence electrons. The summed E-state index contributed by atoms with van der Waals surface area (Å²) in [4.78, 5) is 26.2. The largest absolute Gasteiger partial charge is 0.439 e. The lowest BCUT2D eigenvalue weighted by Gasteiger charge is -2.20. The van der Waals surface area contributed by atoms with Crippen LogP contribution in [0.2, 0.25) is 0 Å². The van der Waals surface area contributed by atoms with Crippen LogP contribution in [0.25, 0.3) is 10.9 Å². The number of nitrogens with one attached hydrogen (secondary N) is 1. The summed E-state index contributed by atoms with van der Waals surface area (Å²) in [5.41, 5.74) is 3.93. The van der Waals surface area contributed by atoms with Crippen molar-refractivity contribution in [3.8, 4) is 11.6 Å². The van der Waals surface area contributed by atoms with Crippen LogP contribution in [-0.2, 0) is 0 Å². The summed E-state index contributed by atoms with van der Waals surface area (Å²) in [5, 5.41) is 7.84. The lowest BCUT2D eigenvalue weighted by atomic mass is 10.2. The Morgan fingerprint density at radius 3 is 2.52 bits per heavy atom. The number of aromatic nitrogens is 3. The van der Waals surface area contributed by atoms with Crippen molar-refractivity contribution in [1.82, 2.24) is 20.4 Å². The molecule has 1 amide bonds. The van der Waals surface area contributed by atoms with Gasteiger partial charge in [-0.3, -0.25) is 4.79 Å². The molecule has 3 N–H and O–H groups in total. The summed E-state index contributed by atoms with van der Waals surface area (Å²) in [6.07, 6.45) is 2.92. The van der Waals surface area contributed by atoms with Gasteiger partial charge in [0.15, 0.2) is 0 Å². The predicted octanol–water partition coefficient (Wildman–Crippen LogP) is 2.95. The number of hydrogen-bond acceptors (Lipinski definition) is 6. The summed E-state index contributed by atoms with van der Waals surface area (Å²) < 4.78 is 5.72. The van der Waals surface area contributed by atoms with E-state index in [2.05, 4.69) is 15.0 Å². The number of carbonyl (C=O) groups is 1. The van der Waals surface area contributed by atoms with Crippen molar-refractivity contribution in [2.75, 3.05) is 11.9 Å². The van der Waals surface area contributed by atoms with E-state index in [4.69, 9.17) is 9.94 Å². The second-order valence-corrected chi connectivity index (χ2v) is 6.21. The fourth-order valence-corrected chi connectivity index (χ4v) is 2.89. The molecule has 29 heavy (non-hydrogen) atoms. The van der Waals surface area contributed by atoms with Crippen LogP contribution in [0, 0.1) is 0 Å². The number of carbonyl (C=O) groups excluding carboxylic acids is 1. The van der Waals surface area contributed by atoms with Crippen molar-refractivity contribution < 1.29 is 14.7 Å². The molecule has 2 heterocycles. The van der Waals surface area contributed by atoms with E-state index in [0.717, 1.165) is 22.4 Å². The Morgan fingerprint density at radius 1 is 1.00 bits per heavy atom. The molecule has 0 atom stereocenters. The highest BCUT2D eigenvalue weighted by atomic mass is 16.5. The minimum absolute atomic E-state index is 0.293. The van der Waals surface area contributed by atoms with Gasteiger partial charge in [-0.25, -0.2) is 15.0 Å². The van der Waals surface area contributed by atoms with Gasteiger partial charge in [0, 0.05) is 30.4 Å². The molecule has 0 saturated heterocycles. The topological polar surface area (TPSA) is 103 Å². The van der Waals surface area contributed by atoms with Crippen molar-refractivity contribution in [2.45, 2.75) is 0 Å². The van der Waals surface area contributed by atoms with E-state index in [1.54, 1.807) is 18.5 Å². The Morgan fingerprint density at radius 2 is 1.79 bits per heavy atom. The highest BCUT2D eigenvalue weighted by Gasteiger charge is 2.11. The van der Waals surface area contributed by atoms with Gasteiger partial charge >= 0.3 is 5.91 Å². The van der Waals surface area contributed by atoms with E-state index in [9.17, 15) is 4.79 Å². The number of fused-ring (bicyclic) bond motifs is 1. The first-order chi connectivity index (χ1) is 14.2. The second kappa shape index (κ2) is 7.91. The number of benzene rings is 2. The molecule has 0 aliphatic heterocycles. The number of hydrogen-bond donors (Lipinski definition) is 1. The Balaban J connectivity index is 1.52. The molecule has 0 saturated carbocycles. The van der Waals surface area contributed by atoms with E-state index < -0.39 is 5.91 Å². The minimum atomic E-state index is -0.520. The quantitative estimate of drug-likeness (QED) is 0.416. The molecular weight excluding hydrogens is 370 g/mol. The molecule has 2 aromatic heterocycles. The molecule has 0 aliphatic rings. The van der Waals surface area contributed by atoms with Crippen LogP contribution in [0.1, 0.15) is 10.4 Å². The maximum Gasteiger partial charge on any atom is 0.315 e. The van der Waals surface area contributed by atoms with Crippen molar-refractivity contribution in [3.63, 3.8) is 0 Å². The predicted molar refractivity (Wildman–Crippen MR) is 109 cm³/mol. The summed E-state index contributed by atoms with van der Waals surface area (Å²) in [6, 6.07) is 18.5. The normalized spacial score (nSPS) is 10.6. The maximum atomic E-state index is 11.4. The second-order valence-electron chi connectivity index (χ2n) is 6.21. The zero-order chi connectivity index (χ0) is 20.2. The number of hydroxylamine groups is 1. The molecule has 0 radical (unpaired) electrons. The molecule has 4 rings (SSSR count). The third-order valence-corrected chi connectivity index (χ3v) is 4.40. The smallest absolute Gasteiger partial charge is 0.315 e. The highest BCUT2D eigenvalue weighted by Crippen LogP contribution is 2.29. The standard InChI is InChI=1S/C21H17N5O3/c1-26(20-17-4-2-3-5-18(17)23-13-24-20)15-7-9-16(10-8-15)29-19-11-6-14(12-22-19)21(27)25-28/h2-13,28H,1H3,(H,25,27)/p+1. The number of ether oxygens (including phenoxy) is 1. The van der Waals surface area contributed by atoms with Crippen LogP contribution in [0.15, 0.2) is 73.2 Å². The van der Waals surface area contributed by atoms with Crippen LogP contribution >= 0.6 is 0 Å². The van der Waals surface area contributed by atoms with Gasteiger partial charge < -0.3 is 14.8 Å². The molecule has 4 aromatic rings. The van der Waals surface area contributed by atoms with Crippen molar-refractivity contribution in [2.24, 2.45) is 0 Å². The van der Waals surface area contributed by atoms with Gasteiger partial charge in [-0.1, -0.05) is 12.1 Å². The number of nitrogens with zero attached hydrogens (tertiary/aromatic N) is 4. The average Bonchev–Trinajstić information content (AvgIpc) is 2.78. The maximum absolute atomic E-state index is 11.4. The molecular formula is C21H18N5O3+. The lowest BCUT2D eigenvalue weighted by Crippen LogP contribution is -2.18. The van der Waals surface area contributed by atoms with Gasteiger partial charge in [-0.15, -0.1) is 5.48 Å². The third kappa shape index (κ3) is 3.83. The summed E-state index contributed by atoms with van der Waals surface area (Å²) in [7, 11) is 1.95. The summed E-state index contributed by atoms with van der Waals surface area (Å²) in [5.74, 6) is 1.26.